The van der Waals surface area contributed by atoms with E-state index in [-0.39, 0.29) is 5.54 Å². The van der Waals surface area contributed by atoms with Crippen LogP contribution in [0.15, 0.2) is 22.8 Å². The first-order valence-corrected chi connectivity index (χ1v) is 5.49. The second-order valence-corrected chi connectivity index (χ2v) is 5.10. The Bertz CT molecular complexity index is 383. The zero-order chi connectivity index (χ0) is 11.8. The van der Waals surface area contributed by atoms with Gasteiger partial charge in [-0.05, 0) is 45.4 Å². The minimum Gasteiger partial charge on any atom is -0.480 e. The second-order valence-electron chi connectivity index (χ2n) is 5.10. The van der Waals surface area contributed by atoms with Crippen molar-refractivity contribution in [2.45, 2.75) is 37.6 Å². The molecular formula is C12H17NO3. The van der Waals surface area contributed by atoms with E-state index in [0.29, 0.717) is 25.1 Å². The molecule has 2 heterocycles. The number of hydrogen-bond donors (Lipinski definition) is 2. The quantitative estimate of drug-likeness (QED) is 0.802. The molecule has 4 heteroatoms. The van der Waals surface area contributed by atoms with Crippen LogP contribution in [0.1, 0.15) is 32.4 Å². The van der Waals surface area contributed by atoms with Gasteiger partial charge in [0, 0.05) is 5.54 Å². The van der Waals surface area contributed by atoms with E-state index in [1.165, 1.54) is 6.26 Å². The molecule has 0 aromatic carbocycles. The van der Waals surface area contributed by atoms with Gasteiger partial charge in [0.05, 0.1) is 6.26 Å². The Kier molecular flexibility index (Phi) is 2.54. The van der Waals surface area contributed by atoms with E-state index in [9.17, 15) is 9.90 Å². The molecule has 1 unspecified atom stereocenters. The van der Waals surface area contributed by atoms with Crippen molar-refractivity contribution in [3.8, 4) is 0 Å². The highest BCUT2D eigenvalue weighted by molar-refractivity contribution is 5.80. The third-order valence-corrected chi connectivity index (χ3v) is 3.30. The molecule has 88 valence electrons. The molecule has 0 aliphatic carbocycles. The fraction of sp³-hybridized carbons (Fsp3) is 0.583. The maximum atomic E-state index is 11.6. The van der Waals surface area contributed by atoms with Gasteiger partial charge < -0.3 is 14.8 Å². The number of hydrogen-bond acceptors (Lipinski definition) is 3. The fourth-order valence-electron chi connectivity index (χ4n) is 2.57. The molecule has 4 nitrogen and oxygen atoms in total. The Morgan fingerprint density at radius 3 is 2.81 bits per heavy atom. The lowest BCUT2D eigenvalue weighted by Crippen LogP contribution is -2.55. The van der Waals surface area contributed by atoms with Crippen molar-refractivity contribution in [1.29, 1.82) is 0 Å². The van der Waals surface area contributed by atoms with Gasteiger partial charge in [0.2, 0.25) is 0 Å². The zero-order valence-corrected chi connectivity index (χ0v) is 9.62. The van der Waals surface area contributed by atoms with Crippen LogP contribution in [0.2, 0.25) is 0 Å². The molecule has 0 spiro atoms. The van der Waals surface area contributed by atoms with Crippen molar-refractivity contribution in [1.82, 2.24) is 5.32 Å². The molecule has 1 aliphatic rings. The number of nitrogens with one attached hydrogen (secondary N) is 1. The van der Waals surface area contributed by atoms with Crippen LogP contribution in [0.3, 0.4) is 0 Å². The molecule has 1 aromatic heterocycles. The molecule has 0 saturated carbocycles. The minimum atomic E-state index is -0.877. The zero-order valence-electron chi connectivity index (χ0n) is 9.62. The largest absolute Gasteiger partial charge is 0.480 e. The number of piperidine rings is 1. The summed E-state index contributed by atoms with van der Waals surface area (Å²) in [7, 11) is 0. The van der Waals surface area contributed by atoms with Gasteiger partial charge in [-0.15, -0.1) is 0 Å². The SMILES string of the molecule is CC1(C)CC(C(=O)O)(c2ccco2)CCN1. The first-order chi connectivity index (χ1) is 7.46. The summed E-state index contributed by atoms with van der Waals surface area (Å²) in [5.74, 6) is -0.230. The van der Waals surface area contributed by atoms with Crippen molar-refractivity contribution >= 4 is 5.97 Å². The van der Waals surface area contributed by atoms with E-state index in [2.05, 4.69) is 5.32 Å². The summed E-state index contributed by atoms with van der Waals surface area (Å²) >= 11 is 0. The average molecular weight is 223 g/mol. The van der Waals surface area contributed by atoms with Crippen LogP contribution in [0.4, 0.5) is 0 Å². The summed E-state index contributed by atoms with van der Waals surface area (Å²) < 4.78 is 5.32. The maximum Gasteiger partial charge on any atom is 0.317 e. The van der Waals surface area contributed by atoms with Gasteiger partial charge in [0.15, 0.2) is 0 Å². The van der Waals surface area contributed by atoms with Gasteiger partial charge in [0.1, 0.15) is 11.2 Å². The van der Waals surface area contributed by atoms with E-state index >= 15 is 0 Å². The van der Waals surface area contributed by atoms with Crippen LogP contribution in [0.5, 0.6) is 0 Å². The Morgan fingerprint density at radius 2 is 2.31 bits per heavy atom. The maximum absolute atomic E-state index is 11.6. The predicted octanol–water partition coefficient (Wildman–Crippen LogP) is 1.76. The fourth-order valence-corrected chi connectivity index (χ4v) is 2.57. The van der Waals surface area contributed by atoms with Gasteiger partial charge >= 0.3 is 5.97 Å². The van der Waals surface area contributed by atoms with Gasteiger partial charge in [-0.3, -0.25) is 4.79 Å². The number of furan rings is 1. The highest BCUT2D eigenvalue weighted by Crippen LogP contribution is 2.39. The molecule has 1 atom stereocenters. The summed E-state index contributed by atoms with van der Waals surface area (Å²) in [4.78, 5) is 11.6. The molecule has 2 rings (SSSR count). The third-order valence-electron chi connectivity index (χ3n) is 3.30. The number of carboxylic acids is 1. The lowest BCUT2D eigenvalue weighted by atomic mass is 9.70. The van der Waals surface area contributed by atoms with E-state index in [1.54, 1.807) is 12.1 Å². The van der Waals surface area contributed by atoms with Gasteiger partial charge in [0.25, 0.3) is 0 Å². The van der Waals surface area contributed by atoms with Crippen molar-refractivity contribution in [3.63, 3.8) is 0 Å². The van der Waals surface area contributed by atoms with Crippen molar-refractivity contribution < 1.29 is 14.3 Å². The number of rotatable bonds is 2. The average Bonchev–Trinajstić information content (AvgIpc) is 2.68. The Morgan fingerprint density at radius 1 is 1.56 bits per heavy atom. The molecule has 1 saturated heterocycles. The molecule has 1 aromatic rings. The van der Waals surface area contributed by atoms with E-state index in [0.717, 1.165) is 0 Å². The topological polar surface area (TPSA) is 62.5 Å². The highest BCUT2D eigenvalue weighted by atomic mass is 16.4. The van der Waals surface area contributed by atoms with Crippen molar-refractivity contribution in [3.05, 3.63) is 24.2 Å². The lowest BCUT2D eigenvalue weighted by molar-refractivity contribution is -0.147. The standard InChI is InChI=1S/C12H17NO3/c1-11(2)8-12(10(14)15,5-6-13-11)9-4-3-7-16-9/h3-4,7,13H,5-6,8H2,1-2H3,(H,14,15). The summed E-state index contributed by atoms with van der Waals surface area (Å²) in [5, 5.41) is 12.8. The first-order valence-electron chi connectivity index (χ1n) is 5.49. The van der Waals surface area contributed by atoms with Crippen LogP contribution in [0.25, 0.3) is 0 Å². The Hall–Kier alpha value is -1.29. The van der Waals surface area contributed by atoms with Crippen LogP contribution in [-0.4, -0.2) is 23.2 Å². The molecule has 1 fully saturated rings. The van der Waals surface area contributed by atoms with E-state index < -0.39 is 11.4 Å². The minimum absolute atomic E-state index is 0.177. The van der Waals surface area contributed by atoms with Crippen LogP contribution >= 0.6 is 0 Å². The molecule has 2 N–H and O–H groups in total. The van der Waals surface area contributed by atoms with Crippen molar-refractivity contribution in [2.75, 3.05) is 6.54 Å². The predicted molar refractivity (Wildman–Crippen MR) is 59.3 cm³/mol. The summed E-state index contributed by atoms with van der Waals surface area (Å²) in [5.41, 5.74) is -1.05. The van der Waals surface area contributed by atoms with E-state index in [4.69, 9.17) is 4.42 Å². The van der Waals surface area contributed by atoms with E-state index in [1.807, 2.05) is 13.8 Å². The molecular weight excluding hydrogens is 206 g/mol. The number of carboxylic acid groups (broad SMARTS) is 1. The highest BCUT2D eigenvalue weighted by Gasteiger charge is 2.49. The molecule has 0 amide bonds. The van der Waals surface area contributed by atoms with Crippen LogP contribution in [-0.2, 0) is 10.2 Å². The summed E-state index contributed by atoms with van der Waals surface area (Å²) in [6.45, 7) is 4.74. The number of aliphatic carboxylic acids is 1. The summed E-state index contributed by atoms with van der Waals surface area (Å²) in [6.07, 6.45) is 2.65. The second kappa shape index (κ2) is 3.63. The van der Waals surface area contributed by atoms with Gasteiger partial charge in [-0.2, -0.15) is 0 Å². The third kappa shape index (κ3) is 1.73. The molecule has 16 heavy (non-hydrogen) atoms. The first kappa shape index (κ1) is 11.2. The molecule has 0 radical (unpaired) electrons. The summed E-state index contributed by atoms with van der Waals surface area (Å²) in [6, 6.07) is 3.50. The van der Waals surface area contributed by atoms with Gasteiger partial charge in [-0.25, -0.2) is 0 Å². The van der Waals surface area contributed by atoms with Crippen molar-refractivity contribution in [2.24, 2.45) is 0 Å². The normalized spacial score (nSPS) is 28.9. The monoisotopic (exact) mass is 223 g/mol. The van der Waals surface area contributed by atoms with Crippen LogP contribution < -0.4 is 5.32 Å². The van der Waals surface area contributed by atoms with Crippen LogP contribution in [0, 0.1) is 0 Å². The van der Waals surface area contributed by atoms with Gasteiger partial charge in [-0.1, -0.05) is 0 Å². The number of carbonyl (C=O) groups is 1. The Balaban J connectivity index is 2.40. The molecule has 1 aliphatic heterocycles. The smallest absolute Gasteiger partial charge is 0.317 e. The Labute approximate surface area is 94.6 Å². The lowest BCUT2D eigenvalue weighted by Gasteiger charge is -2.41. The molecule has 0 bridgehead atoms.